The second kappa shape index (κ2) is 6.74. The molecule has 1 saturated heterocycles. The fourth-order valence-electron chi connectivity index (χ4n) is 2.06. The van der Waals surface area contributed by atoms with Crippen molar-refractivity contribution in [2.24, 2.45) is 0 Å². The molecule has 8 nitrogen and oxygen atoms in total. The Balaban J connectivity index is 1.88. The van der Waals surface area contributed by atoms with E-state index in [0.717, 1.165) is 7.11 Å². The van der Waals surface area contributed by atoms with Crippen LogP contribution in [0.1, 0.15) is 6.42 Å². The summed E-state index contributed by atoms with van der Waals surface area (Å²) in [6.45, 7) is 0.260. The maximum absolute atomic E-state index is 12.9. The number of hydrogen-bond acceptors (Lipinski definition) is 4. The molecule has 1 atom stereocenters. The van der Waals surface area contributed by atoms with Crippen LogP contribution in [0.15, 0.2) is 24.3 Å². The Bertz CT molecular complexity index is 578. The molecule has 0 bridgehead atoms. The van der Waals surface area contributed by atoms with Gasteiger partial charge >= 0.3 is 12.1 Å². The van der Waals surface area contributed by atoms with Gasteiger partial charge in [-0.2, -0.15) is 0 Å². The molecular formula is C13H15FN4O4. The summed E-state index contributed by atoms with van der Waals surface area (Å²) in [5.41, 5.74) is 4.65. The van der Waals surface area contributed by atoms with Gasteiger partial charge < -0.3 is 15.0 Å². The third kappa shape index (κ3) is 3.84. The minimum Gasteiger partial charge on any atom is -0.452 e. The maximum Gasteiger partial charge on any atom is 0.425 e. The molecule has 2 rings (SSSR count). The molecule has 1 heterocycles. The van der Waals surface area contributed by atoms with Gasteiger partial charge in [-0.25, -0.2) is 24.8 Å². The summed E-state index contributed by atoms with van der Waals surface area (Å²) in [5, 5.41) is 2.54. The number of rotatable bonds is 2. The Kier molecular flexibility index (Phi) is 4.77. The lowest BCUT2D eigenvalue weighted by atomic mass is 10.2. The largest absolute Gasteiger partial charge is 0.452 e. The Labute approximate surface area is 125 Å². The third-order valence-corrected chi connectivity index (χ3v) is 3.06. The van der Waals surface area contributed by atoms with Crippen LogP contribution in [0.3, 0.4) is 0 Å². The van der Waals surface area contributed by atoms with Gasteiger partial charge in [0.2, 0.25) is 5.91 Å². The lowest BCUT2D eigenvalue weighted by molar-refractivity contribution is -0.117. The van der Waals surface area contributed by atoms with E-state index < -0.39 is 24.0 Å². The first kappa shape index (κ1) is 15.5. The van der Waals surface area contributed by atoms with Crippen molar-refractivity contribution in [3.63, 3.8) is 0 Å². The van der Waals surface area contributed by atoms with Crippen molar-refractivity contribution in [1.82, 2.24) is 16.2 Å². The molecule has 1 aliphatic rings. The molecule has 4 amide bonds. The zero-order valence-corrected chi connectivity index (χ0v) is 11.8. The van der Waals surface area contributed by atoms with Gasteiger partial charge in [0.05, 0.1) is 13.2 Å². The summed E-state index contributed by atoms with van der Waals surface area (Å²) in [6, 6.07) is 4.43. The molecule has 1 aliphatic heterocycles. The third-order valence-electron chi connectivity index (χ3n) is 3.06. The SMILES string of the molecule is COC(=O)NNC(=O)N[C@@H]1CC(=O)N(c2ccc(F)cc2)C1. The van der Waals surface area contributed by atoms with Gasteiger partial charge in [-0.05, 0) is 24.3 Å². The van der Waals surface area contributed by atoms with Crippen LogP contribution in [0.5, 0.6) is 0 Å². The number of hydrazine groups is 1. The number of anilines is 1. The van der Waals surface area contributed by atoms with E-state index in [-0.39, 0.29) is 18.9 Å². The average Bonchev–Trinajstić information content (AvgIpc) is 2.86. The summed E-state index contributed by atoms with van der Waals surface area (Å²) < 4.78 is 17.2. The predicted molar refractivity (Wildman–Crippen MR) is 74.4 cm³/mol. The van der Waals surface area contributed by atoms with Crippen molar-refractivity contribution < 1.29 is 23.5 Å². The van der Waals surface area contributed by atoms with Crippen LogP contribution in [-0.4, -0.2) is 37.7 Å². The van der Waals surface area contributed by atoms with Gasteiger partial charge in [-0.3, -0.25) is 4.79 Å². The first-order valence-corrected chi connectivity index (χ1v) is 6.46. The molecule has 0 aromatic heterocycles. The fourth-order valence-corrected chi connectivity index (χ4v) is 2.06. The van der Waals surface area contributed by atoms with Crippen molar-refractivity contribution in [2.45, 2.75) is 12.5 Å². The van der Waals surface area contributed by atoms with E-state index in [1.165, 1.54) is 29.2 Å². The minimum atomic E-state index is -0.814. The molecule has 0 spiro atoms. The quantitative estimate of drug-likeness (QED) is 0.693. The highest BCUT2D eigenvalue weighted by molar-refractivity contribution is 5.96. The molecule has 118 valence electrons. The smallest absolute Gasteiger partial charge is 0.425 e. The summed E-state index contributed by atoms with van der Waals surface area (Å²) in [5.74, 6) is -0.573. The minimum absolute atomic E-state index is 0.114. The monoisotopic (exact) mass is 310 g/mol. The molecule has 1 aromatic rings. The van der Waals surface area contributed by atoms with Crippen LogP contribution in [0, 0.1) is 5.82 Å². The van der Waals surface area contributed by atoms with E-state index in [9.17, 15) is 18.8 Å². The first-order valence-electron chi connectivity index (χ1n) is 6.46. The summed E-state index contributed by atoms with van der Waals surface area (Å²) in [6.07, 6.45) is -0.700. The van der Waals surface area contributed by atoms with Crippen LogP contribution < -0.4 is 21.1 Å². The molecule has 22 heavy (non-hydrogen) atoms. The van der Waals surface area contributed by atoms with Crippen molar-refractivity contribution in [1.29, 1.82) is 0 Å². The van der Waals surface area contributed by atoms with Gasteiger partial charge in [-0.1, -0.05) is 0 Å². The van der Waals surface area contributed by atoms with Crippen LogP contribution in [0.4, 0.5) is 19.7 Å². The van der Waals surface area contributed by atoms with Gasteiger partial charge in [0.15, 0.2) is 0 Å². The van der Waals surface area contributed by atoms with Gasteiger partial charge in [0, 0.05) is 18.7 Å². The number of carbonyl (C=O) groups excluding carboxylic acids is 3. The zero-order valence-electron chi connectivity index (χ0n) is 11.8. The van der Waals surface area contributed by atoms with Gasteiger partial charge in [-0.15, -0.1) is 0 Å². The van der Waals surface area contributed by atoms with E-state index in [0.29, 0.717) is 5.69 Å². The van der Waals surface area contributed by atoms with Crippen molar-refractivity contribution in [2.75, 3.05) is 18.6 Å². The first-order chi connectivity index (χ1) is 10.5. The molecule has 9 heteroatoms. The van der Waals surface area contributed by atoms with E-state index >= 15 is 0 Å². The van der Waals surface area contributed by atoms with Crippen molar-refractivity contribution >= 4 is 23.7 Å². The van der Waals surface area contributed by atoms with Crippen LogP contribution in [0.25, 0.3) is 0 Å². The Morgan fingerprint density at radius 1 is 1.27 bits per heavy atom. The number of methoxy groups -OCH3 is 1. The number of benzene rings is 1. The zero-order chi connectivity index (χ0) is 16.1. The Morgan fingerprint density at radius 2 is 1.95 bits per heavy atom. The number of halogens is 1. The number of nitrogens with one attached hydrogen (secondary N) is 3. The second-order valence-corrected chi connectivity index (χ2v) is 4.60. The van der Waals surface area contributed by atoms with Crippen LogP contribution in [-0.2, 0) is 9.53 Å². The molecule has 0 radical (unpaired) electrons. The number of nitrogens with zero attached hydrogens (tertiary/aromatic N) is 1. The van der Waals surface area contributed by atoms with Crippen molar-refractivity contribution in [3.05, 3.63) is 30.1 Å². The van der Waals surface area contributed by atoms with Gasteiger partial charge in [0.25, 0.3) is 0 Å². The standard InChI is InChI=1S/C13H15FN4O4/c1-22-13(21)17-16-12(20)15-9-6-11(19)18(7-9)10-4-2-8(14)3-5-10/h2-5,9H,6-7H2,1H3,(H,17,21)(H2,15,16,20)/t9-/m1/s1. The topological polar surface area (TPSA) is 99.8 Å². The maximum atomic E-state index is 12.9. The Hall–Kier alpha value is -2.84. The summed E-state index contributed by atoms with van der Waals surface area (Å²) in [7, 11) is 1.16. The predicted octanol–water partition coefficient (Wildman–Crippen LogP) is 0.501. The molecule has 0 aliphatic carbocycles. The second-order valence-electron chi connectivity index (χ2n) is 4.60. The van der Waals surface area contributed by atoms with E-state index in [2.05, 4.69) is 15.5 Å². The van der Waals surface area contributed by atoms with E-state index in [4.69, 9.17) is 0 Å². The molecule has 0 saturated carbocycles. The van der Waals surface area contributed by atoms with Crippen LogP contribution >= 0.6 is 0 Å². The highest BCUT2D eigenvalue weighted by atomic mass is 19.1. The number of ether oxygens (including phenoxy) is 1. The summed E-state index contributed by atoms with van der Waals surface area (Å²) >= 11 is 0. The van der Waals surface area contributed by atoms with E-state index in [1.807, 2.05) is 5.43 Å². The highest BCUT2D eigenvalue weighted by Gasteiger charge is 2.31. The Morgan fingerprint density at radius 3 is 2.59 bits per heavy atom. The van der Waals surface area contributed by atoms with Crippen LogP contribution in [0.2, 0.25) is 0 Å². The highest BCUT2D eigenvalue weighted by Crippen LogP contribution is 2.21. The number of urea groups is 1. The fraction of sp³-hybridized carbons (Fsp3) is 0.308. The van der Waals surface area contributed by atoms with Crippen molar-refractivity contribution in [3.8, 4) is 0 Å². The normalized spacial score (nSPS) is 17.1. The molecule has 1 fully saturated rings. The molecule has 0 unspecified atom stereocenters. The lowest BCUT2D eigenvalue weighted by Crippen LogP contribution is -2.50. The number of hydrogen-bond donors (Lipinski definition) is 3. The van der Waals surface area contributed by atoms with Gasteiger partial charge in [0.1, 0.15) is 5.82 Å². The lowest BCUT2D eigenvalue weighted by Gasteiger charge is -2.17. The average molecular weight is 310 g/mol. The number of amides is 4. The van der Waals surface area contributed by atoms with E-state index in [1.54, 1.807) is 0 Å². The molecule has 1 aromatic carbocycles. The molecule has 3 N–H and O–H groups in total. The molecular weight excluding hydrogens is 295 g/mol. The summed E-state index contributed by atoms with van der Waals surface area (Å²) in [4.78, 5) is 35.7. The number of carbonyl (C=O) groups is 3.